The molecule has 0 aromatic heterocycles. The second kappa shape index (κ2) is 10.1. The molecule has 1 rings (SSSR count). The minimum absolute atomic E-state index is 0.0645. The van der Waals surface area contributed by atoms with Gasteiger partial charge in [0, 0.05) is 22.5 Å². The third-order valence-corrected chi connectivity index (χ3v) is 4.41. The largest absolute Gasteiger partial charge is 0.497 e. The number of Topliss-reactive ketones (excluding diaryl/α,β-unsaturated/α-hetero) is 1. The van der Waals surface area contributed by atoms with Crippen molar-refractivity contribution < 1.29 is 22.7 Å². The van der Waals surface area contributed by atoms with Gasteiger partial charge in [0.05, 0.1) is 13.2 Å². The number of carbonyl (C=O) groups excluding carboxylic acids is 1. The molecule has 0 spiro atoms. The number of hydrogen-bond acceptors (Lipinski definition) is 4. The van der Waals surface area contributed by atoms with E-state index in [1.165, 1.54) is 7.11 Å². The molecule has 0 aliphatic rings. The summed E-state index contributed by atoms with van der Waals surface area (Å²) in [4.78, 5) is 12.1. The molecule has 0 amide bonds. The fraction of sp³-hybridized carbons (Fsp3) is 0.444. The molecule has 7 heteroatoms. The van der Waals surface area contributed by atoms with Gasteiger partial charge in [-0.25, -0.2) is 0 Å². The summed E-state index contributed by atoms with van der Waals surface area (Å²) in [6.45, 7) is 1.90. The number of carbonyl (C=O) groups is 1. The molecule has 1 aromatic carbocycles. The number of nitriles is 1. The third-order valence-electron chi connectivity index (χ3n) is 3.48. The van der Waals surface area contributed by atoms with Gasteiger partial charge in [-0.1, -0.05) is 13.3 Å². The lowest BCUT2D eigenvalue weighted by molar-refractivity contribution is -0.0322. The first-order chi connectivity index (χ1) is 11.8. The molecule has 0 unspecified atom stereocenters. The van der Waals surface area contributed by atoms with Gasteiger partial charge in [-0.2, -0.15) is 18.4 Å². The summed E-state index contributed by atoms with van der Waals surface area (Å²) in [6, 6.07) is 8.26. The molecule has 0 N–H and O–H groups in total. The van der Waals surface area contributed by atoms with Crippen molar-refractivity contribution in [2.45, 2.75) is 44.5 Å². The van der Waals surface area contributed by atoms with Crippen molar-refractivity contribution in [2.24, 2.45) is 0 Å². The molecule has 0 atom stereocenters. The molecule has 0 bridgehead atoms. The summed E-state index contributed by atoms with van der Waals surface area (Å²) in [5.41, 5.74) is -3.96. The van der Waals surface area contributed by atoms with E-state index in [1.807, 2.05) is 13.0 Å². The second-order valence-electron chi connectivity index (χ2n) is 5.32. The van der Waals surface area contributed by atoms with E-state index >= 15 is 0 Å². The van der Waals surface area contributed by atoms with Gasteiger partial charge in [0.25, 0.3) is 0 Å². The maximum Gasteiger partial charge on any atom is 0.446 e. The zero-order chi connectivity index (χ0) is 18.9. The highest BCUT2D eigenvalue weighted by molar-refractivity contribution is 8.03. The van der Waals surface area contributed by atoms with Crippen molar-refractivity contribution in [3.63, 3.8) is 0 Å². The maximum atomic E-state index is 12.8. The van der Waals surface area contributed by atoms with Crippen LogP contribution in [0.15, 0.2) is 34.7 Å². The molecule has 0 aliphatic carbocycles. The van der Waals surface area contributed by atoms with Gasteiger partial charge in [0.2, 0.25) is 0 Å². The van der Waals surface area contributed by atoms with Crippen LogP contribution in [-0.2, 0) is 0 Å². The van der Waals surface area contributed by atoms with E-state index in [-0.39, 0.29) is 40.9 Å². The van der Waals surface area contributed by atoms with Crippen LogP contribution in [0.4, 0.5) is 13.2 Å². The van der Waals surface area contributed by atoms with Crippen LogP contribution in [0.3, 0.4) is 0 Å². The topological polar surface area (TPSA) is 50.1 Å². The smallest absolute Gasteiger partial charge is 0.446 e. The summed E-state index contributed by atoms with van der Waals surface area (Å²) in [7, 11) is 1.50. The van der Waals surface area contributed by atoms with Gasteiger partial charge in [0.15, 0.2) is 5.78 Å². The van der Waals surface area contributed by atoms with Crippen molar-refractivity contribution in [3.05, 3.63) is 40.3 Å². The Morgan fingerprint density at radius 2 is 1.84 bits per heavy atom. The molecular formula is C18H20F3NO2S. The van der Waals surface area contributed by atoms with E-state index in [9.17, 15) is 23.2 Å². The molecule has 1 aromatic rings. The first-order valence-electron chi connectivity index (χ1n) is 7.85. The quantitative estimate of drug-likeness (QED) is 0.402. The standard InChI is InChI=1S/C18H20F3NO2S/c1-3-4-5-14(12-22)17(25-18(19,20)21)11-10-16(23)13-6-8-15(24-2)9-7-13/h6-9H,3-5,10-11H2,1-2H3/b17-14+. The number of benzene rings is 1. The minimum atomic E-state index is -4.48. The highest BCUT2D eigenvalue weighted by atomic mass is 32.2. The van der Waals surface area contributed by atoms with Crippen molar-refractivity contribution in [3.8, 4) is 11.8 Å². The van der Waals surface area contributed by atoms with Crippen molar-refractivity contribution in [1.29, 1.82) is 5.26 Å². The predicted octanol–water partition coefficient (Wildman–Crippen LogP) is 5.88. The number of thioether (sulfide) groups is 1. The fourth-order valence-corrected chi connectivity index (χ4v) is 2.92. The average molecular weight is 371 g/mol. The summed E-state index contributed by atoms with van der Waals surface area (Å²) in [5, 5.41) is 9.17. The molecule has 3 nitrogen and oxygen atoms in total. The molecular weight excluding hydrogens is 351 g/mol. The molecule has 0 aliphatic heterocycles. The molecule has 0 saturated heterocycles. The van der Waals surface area contributed by atoms with Crippen LogP contribution in [-0.4, -0.2) is 18.4 Å². The SMILES string of the molecule is CCCC/C(C#N)=C(/CCC(=O)c1ccc(OC)cc1)SC(F)(F)F. The van der Waals surface area contributed by atoms with Gasteiger partial charge < -0.3 is 4.74 Å². The van der Waals surface area contributed by atoms with E-state index in [0.29, 0.717) is 24.2 Å². The molecule has 136 valence electrons. The number of methoxy groups -OCH3 is 1. The average Bonchev–Trinajstić information content (AvgIpc) is 2.58. The molecule has 25 heavy (non-hydrogen) atoms. The first-order valence-corrected chi connectivity index (χ1v) is 8.67. The highest BCUT2D eigenvalue weighted by Crippen LogP contribution is 2.40. The Bertz CT molecular complexity index is 646. The number of alkyl halides is 3. The number of unbranched alkanes of at least 4 members (excludes halogenated alkanes) is 1. The van der Waals surface area contributed by atoms with E-state index in [1.54, 1.807) is 24.3 Å². The molecule has 0 heterocycles. The van der Waals surface area contributed by atoms with E-state index in [2.05, 4.69) is 0 Å². The van der Waals surface area contributed by atoms with Gasteiger partial charge in [0.1, 0.15) is 5.75 Å². The number of ketones is 1. The van der Waals surface area contributed by atoms with Gasteiger partial charge in [-0.05, 0) is 55.3 Å². The summed E-state index contributed by atoms with van der Waals surface area (Å²) in [5.74, 6) is 0.326. The normalized spacial score (nSPS) is 12.3. The van der Waals surface area contributed by atoms with Crippen molar-refractivity contribution >= 4 is 17.5 Å². The minimum Gasteiger partial charge on any atom is -0.497 e. The number of halogens is 3. The lowest BCUT2D eigenvalue weighted by Gasteiger charge is -2.12. The first kappa shape index (κ1) is 21.1. The van der Waals surface area contributed by atoms with E-state index in [4.69, 9.17) is 4.74 Å². The molecule has 0 fully saturated rings. The van der Waals surface area contributed by atoms with Crippen LogP contribution in [0.1, 0.15) is 49.4 Å². The van der Waals surface area contributed by atoms with E-state index < -0.39 is 5.51 Å². The summed E-state index contributed by atoms with van der Waals surface area (Å²) >= 11 is -0.287. The van der Waals surface area contributed by atoms with E-state index in [0.717, 1.165) is 6.42 Å². The van der Waals surface area contributed by atoms with Gasteiger partial charge in [-0.3, -0.25) is 4.79 Å². The van der Waals surface area contributed by atoms with Gasteiger partial charge in [-0.15, -0.1) is 0 Å². The number of allylic oxidation sites excluding steroid dienone is 2. The Hall–Kier alpha value is -1.94. The zero-order valence-corrected chi connectivity index (χ0v) is 15.0. The number of rotatable bonds is 9. The monoisotopic (exact) mass is 371 g/mol. The van der Waals surface area contributed by atoms with Crippen LogP contribution in [0.5, 0.6) is 5.75 Å². The zero-order valence-electron chi connectivity index (χ0n) is 14.2. The van der Waals surface area contributed by atoms with Crippen LogP contribution in [0.2, 0.25) is 0 Å². The maximum absolute atomic E-state index is 12.8. The Kier molecular flexibility index (Phi) is 8.56. The van der Waals surface area contributed by atoms with Crippen LogP contribution >= 0.6 is 11.8 Å². The lowest BCUT2D eigenvalue weighted by Crippen LogP contribution is -2.05. The number of hydrogen-bond donors (Lipinski definition) is 0. The number of ether oxygens (including phenoxy) is 1. The second-order valence-corrected chi connectivity index (χ2v) is 6.48. The fourth-order valence-electron chi connectivity index (χ4n) is 2.16. The Balaban J connectivity index is 2.88. The Morgan fingerprint density at radius 1 is 1.20 bits per heavy atom. The van der Waals surface area contributed by atoms with Crippen LogP contribution in [0.25, 0.3) is 0 Å². The van der Waals surface area contributed by atoms with Gasteiger partial charge >= 0.3 is 5.51 Å². The van der Waals surface area contributed by atoms with Crippen LogP contribution < -0.4 is 4.74 Å². The van der Waals surface area contributed by atoms with Crippen LogP contribution in [0, 0.1) is 11.3 Å². The number of nitrogens with zero attached hydrogens (tertiary/aromatic N) is 1. The Morgan fingerprint density at radius 3 is 2.32 bits per heavy atom. The van der Waals surface area contributed by atoms with Crippen molar-refractivity contribution in [1.82, 2.24) is 0 Å². The third kappa shape index (κ3) is 7.65. The molecule has 0 radical (unpaired) electrons. The lowest BCUT2D eigenvalue weighted by atomic mass is 10.0. The summed E-state index contributed by atoms with van der Waals surface area (Å²) in [6.07, 6.45) is 1.53. The Labute approximate surface area is 149 Å². The van der Waals surface area contributed by atoms with Crippen molar-refractivity contribution in [2.75, 3.05) is 7.11 Å². The predicted molar refractivity (Wildman–Crippen MR) is 92.4 cm³/mol. The highest BCUT2D eigenvalue weighted by Gasteiger charge is 2.31. The molecule has 0 saturated carbocycles. The summed E-state index contributed by atoms with van der Waals surface area (Å²) < 4.78 is 43.3.